The lowest BCUT2D eigenvalue weighted by Gasteiger charge is -2.24. The van der Waals surface area contributed by atoms with Crippen LogP contribution in [0.4, 0.5) is 19.0 Å². The van der Waals surface area contributed by atoms with Gasteiger partial charge in [-0.3, -0.25) is 0 Å². The molecule has 1 saturated carbocycles. The van der Waals surface area contributed by atoms with Gasteiger partial charge in [-0.05, 0) is 31.9 Å². The molecule has 1 aliphatic heterocycles. The molecule has 1 saturated heterocycles. The Balaban J connectivity index is 2.15. The van der Waals surface area contributed by atoms with Crippen LogP contribution in [-0.2, 0) is 25.7 Å². The number of esters is 1. The Hall–Kier alpha value is -1.84. The van der Waals surface area contributed by atoms with E-state index in [4.69, 9.17) is 0 Å². The van der Waals surface area contributed by atoms with Crippen LogP contribution >= 0.6 is 0 Å². The number of halogens is 3. The number of rotatable bonds is 2. The van der Waals surface area contributed by atoms with E-state index in [0.29, 0.717) is 23.2 Å². The van der Waals surface area contributed by atoms with Gasteiger partial charge in [0.25, 0.3) is 0 Å². The van der Waals surface area contributed by atoms with Crippen LogP contribution < -0.4 is 4.31 Å². The molecule has 2 aliphatic rings. The molecular formula is C14H15F3N2O4S. The number of pyridine rings is 1. The summed E-state index contributed by atoms with van der Waals surface area (Å²) in [4.78, 5) is 15.9. The third-order valence-electron chi connectivity index (χ3n) is 4.43. The van der Waals surface area contributed by atoms with Gasteiger partial charge in [-0.2, -0.15) is 13.2 Å². The van der Waals surface area contributed by atoms with Crippen LogP contribution in [0.25, 0.3) is 0 Å². The zero-order valence-electron chi connectivity index (χ0n) is 12.9. The van der Waals surface area contributed by atoms with Crippen LogP contribution in [-0.4, -0.2) is 37.3 Å². The minimum absolute atomic E-state index is 0.00101. The molecule has 1 atom stereocenters. The Morgan fingerprint density at radius 2 is 2.00 bits per heavy atom. The predicted molar refractivity (Wildman–Crippen MR) is 77.8 cm³/mol. The van der Waals surface area contributed by atoms with Crippen molar-refractivity contribution >= 4 is 21.8 Å². The molecule has 2 heterocycles. The summed E-state index contributed by atoms with van der Waals surface area (Å²) < 4.78 is 68.9. The number of carbonyl (C=O) groups excluding carboxylic acids is 1. The highest BCUT2D eigenvalue weighted by molar-refractivity contribution is 7.94. The standard InChI is InChI=1S/C14H15F3N2O4S/c1-8-5-9(14(15,16)17)6-11(18-8)19-10(12(20)23-2)7-13(3-4-13)24(19,21)22/h5-6,10H,3-4,7H2,1-2H3/t10-/m0/s1. The topological polar surface area (TPSA) is 76.6 Å². The third-order valence-corrected chi connectivity index (χ3v) is 7.06. The molecule has 24 heavy (non-hydrogen) atoms. The van der Waals surface area contributed by atoms with Crippen LogP contribution in [0.3, 0.4) is 0 Å². The van der Waals surface area contributed by atoms with E-state index in [1.807, 2.05) is 0 Å². The Bertz CT molecular complexity index is 803. The number of aryl methyl sites for hydroxylation is 1. The molecule has 0 radical (unpaired) electrons. The number of aromatic nitrogens is 1. The molecule has 1 aromatic heterocycles. The van der Waals surface area contributed by atoms with Crippen LogP contribution in [0.1, 0.15) is 30.5 Å². The lowest BCUT2D eigenvalue weighted by atomic mass is 10.1. The Morgan fingerprint density at radius 3 is 2.50 bits per heavy atom. The fraction of sp³-hybridized carbons (Fsp3) is 0.571. The molecule has 3 rings (SSSR count). The zero-order valence-corrected chi connectivity index (χ0v) is 13.7. The molecular weight excluding hydrogens is 349 g/mol. The number of ether oxygens (including phenoxy) is 1. The molecule has 0 N–H and O–H groups in total. The Morgan fingerprint density at radius 1 is 1.38 bits per heavy atom. The van der Waals surface area contributed by atoms with Crippen molar-refractivity contribution in [2.45, 2.75) is 43.2 Å². The van der Waals surface area contributed by atoms with Crippen molar-refractivity contribution in [2.24, 2.45) is 0 Å². The number of sulfonamides is 1. The minimum Gasteiger partial charge on any atom is -0.467 e. The number of nitrogens with zero attached hydrogens (tertiary/aromatic N) is 2. The minimum atomic E-state index is -4.65. The number of methoxy groups -OCH3 is 1. The SMILES string of the molecule is COC(=O)[C@@H]1CC2(CC2)S(=O)(=O)N1c1cc(C(F)(F)F)cc(C)n1. The number of alkyl halides is 3. The molecule has 0 bridgehead atoms. The fourth-order valence-corrected chi connectivity index (χ4v) is 5.28. The van der Waals surface area contributed by atoms with Crippen molar-refractivity contribution in [1.82, 2.24) is 4.98 Å². The number of hydrogen-bond donors (Lipinski definition) is 0. The molecule has 10 heteroatoms. The highest BCUT2D eigenvalue weighted by Gasteiger charge is 2.66. The zero-order chi connectivity index (χ0) is 17.9. The van der Waals surface area contributed by atoms with Gasteiger partial charge < -0.3 is 4.74 Å². The van der Waals surface area contributed by atoms with Gasteiger partial charge in [0.1, 0.15) is 11.9 Å². The Kier molecular flexibility index (Phi) is 3.60. The molecule has 0 aromatic carbocycles. The van der Waals surface area contributed by atoms with Crippen molar-refractivity contribution in [1.29, 1.82) is 0 Å². The van der Waals surface area contributed by atoms with Gasteiger partial charge in [0.2, 0.25) is 10.0 Å². The van der Waals surface area contributed by atoms with Gasteiger partial charge in [0, 0.05) is 12.1 Å². The Labute approximate surface area is 136 Å². The molecule has 6 nitrogen and oxygen atoms in total. The average molecular weight is 364 g/mol. The molecule has 1 aromatic rings. The molecule has 1 spiro atoms. The lowest BCUT2D eigenvalue weighted by Crippen LogP contribution is -2.40. The summed E-state index contributed by atoms with van der Waals surface area (Å²) in [6.07, 6.45) is -3.91. The molecule has 0 amide bonds. The van der Waals surface area contributed by atoms with Crippen LogP contribution in [0, 0.1) is 6.92 Å². The van der Waals surface area contributed by atoms with E-state index in [9.17, 15) is 26.4 Å². The second kappa shape index (κ2) is 5.08. The molecule has 132 valence electrons. The molecule has 1 aliphatic carbocycles. The maximum Gasteiger partial charge on any atom is 0.416 e. The van der Waals surface area contributed by atoms with Gasteiger partial charge in [0.05, 0.1) is 17.4 Å². The van der Waals surface area contributed by atoms with Crippen LogP contribution in [0.5, 0.6) is 0 Å². The summed E-state index contributed by atoms with van der Waals surface area (Å²) in [7, 11) is -2.88. The summed E-state index contributed by atoms with van der Waals surface area (Å²) >= 11 is 0. The summed E-state index contributed by atoms with van der Waals surface area (Å²) in [5.74, 6) is -1.21. The second-order valence-corrected chi connectivity index (χ2v) is 8.29. The van der Waals surface area contributed by atoms with Crippen LogP contribution in [0.2, 0.25) is 0 Å². The van der Waals surface area contributed by atoms with E-state index in [1.165, 1.54) is 6.92 Å². The van der Waals surface area contributed by atoms with Crippen molar-refractivity contribution in [3.63, 3.8) is 0 Å². The smallest absolute Gasteiger partial charge is 0.416 e. The van der Waals surface area contributed by atoms with Crippen molar-refractivity contribution in [3.8, 4) is 0 Å². The predicted octanol–water partition coefficient (Wildman–Crippen LogP) is 2.02. The van der Waals surface area contributed by atoms with E-state index < -0.39 is 44.3 Å². The van der Waals surface area contributed by atoms with Gasteiger partial charge in [0.15, 0.2) is 0 Å². The van der Waals surface area contributed by atoms with E-state index in [2.05, 4.69) is 9.72 Å². The van der Waals surface area contributed by atoms with Crippen LogP contribution in [0.15, 0.2) is 12.1 Å². The maximum atomic E-state index is 13.0. The van der Waals surface area contributed by atoms with Gasteiger partial charge in [-0.25, -0.2) is 22.5 Å². The fourth-order valence-electron chi connectivity index (χ4n) is 3.04. The summed E-state index contributed by atoms with van der Waals surface area (Å²) in [6.45, 7) is 1.33. The quantitative estimate of drug-likeness (QED) is 0.751. The van der Waals surface area contributed by atoms with Crippen molar-refractivity contribution < 1.29 is 31.1 Å². The van der Waals surface area contributed by atoms with E-state index >= 15 is 0 Å². The lowest BCUT2D eigenvalue weighted by molar-refractivity contribution is -0.142. The summed E-state index contributed by atoms with van der Waals surface area (Å²) in [5.41, 5.74) is -1.00. The molecule has 0 unspecified atom stereocenters. The third kappa shape index (κ3) is 2.43. The van der Waals surface area contributed by atoms with Crippen molar-refractivity contribution in [2.75, 3.05) is 11.4 Å². The first-order chi connectivity index (χ1) is 11.0. The van der Waals surface area contributed by atoms with Gasteiger partial charge in [-0.1, -0.05) is 0 Å². The number of hydrogen-bond acceptors (Lipinski definition) is 5. The first-order valence-corrected chi connectivity index (χ1v) is 8.63. The maximum absolute atomic E-state index is 13.0. The van der Waals surface area contributed by atoms with Gasteiger partial charge in [-0.15, -0.1) is 0 Å². The highest BCUT2D eigenvalue weighted by atomic mass is 32.2. The highest BCUT2D eigenvalue weighted by Crippen LogP contribution is 2.55. The largest absolute Gasteiger partial charge is 0.467 e. The average Bonchev–Trinajstić information content (AvgIpc) is 3.21. The van der Waals surface area contributed by atoms with E-state index in [1.54, 1.807) is 0 Å². The van der Waals surface area contributed by atoms with Gasteiger partial charge >= 0.3 is 12.1 Å². The van der Waals surface area contributed by atoms with Crippen molar-refractivity contribution in [3.05, 3.63) is 23.4 Å². The van der Waals surface area contributed by atoms with E-state index in [0.717, 1.165) is 13.2 Å². The summed E-state index contributed by atoms with van der Waals surface area (Å²) in [5, 5.41) is 0. The number of anilines is 1. The van der Waals surface area contributed by atoms with E-state index in [-0.39, 0.29) is 12.1 Å². The first kappa shape index (κ1) is 17.0. The second-order valence-electron chi connectivity index (χ2n) is 6.08. The monoisotopic (exact) mass is 364 g/mol. The molecule has 2 fully saturated rings. The normalized spacial score (nSPS) is 24.2. The number of carbonyl (C=O) groups is 1. The first-order valence-electron chi connectivity index (χ1n) is 7.19. The summed E-state index contributed by atoms with van der Waals surface area (Å²) in [6, 6.07) is 0.284.